The third-order valence-corrected chi connectivity index (χ3v) is 5.12. The molecule has 3 aromatic rings. The molecule has 8 heteroatoms. The summed E-state index contributed by atoms with van der Waals surface area (Å²) in [6.45, 7) is 9.16. The molecule has 1 unspecified atom stereocenters. The number of nitrogens with one attached hydrogen (secondary N) is 2. The fraction of sp³-hybridized carbons (Fsp3) is 0.273. The Balaban J connectivity index is 1.59. The van der Waals surface area contributed by atoms with Crippen LogP contribution >= 0.6 is 0 Å². The predicted molar refractivity (Wildman–Crippen MR) is 115 cm³/mol. The fourth-order valence-electron chi connectivity index (χ4n) is 3.66. The van der Waals surface area contributed by atoms with Crippen molar-refractivity contribution in [2.24, 2.45) is 5.73 Å². The van der Waals surface area contributed by atoms with Crippen LogP contribution in [0.2, 0.25) is 0 Å². The highest BCUT2D eigenvalue weighted by Gasteiger charge is 2.22. The lowest BCUT2D eigenvalue weighted by Crippen LogP contribution is -2.44. The van der Waals surface area contributed by atoms with Crippen molar-refractivity contribution in [3.63, 3.8) is 0 Å². The lowest BCUT2D eigenvalue weighted by atomic mass is 10.1. The lowest BCUT2D eigenvalue weighted by Gasteiger charge is -2.34. The van der Waals surface area contributed by atoms with Crippen molar-refractivity contribution in [3.8, 4) is 11.6 Å². The Labute approximate surface area is 174 Å². The molecule has 1 aromatic carbocycles. The van der Waals surface area contributed by atoms with Gasteiger partial charge in [-0.05, 0) is 31.2 Å². The maximum atomic E-state index is 14.9. The number of allylic oxidation sites excluding steroid dienone is 2. The number of benzene rings is 1. The summed E-state index contributed by atoms with van der Waals surface area (Å²) in [4.78, 5) is 13.8. The molecule has 3 heterocycles. The first-order valence-corrected chi connectivity index (χ1v) is 9.88. The van der Waals surface area contributed by atoms with E-state index in [9.17, 15) is 4.39 Å². The predicted octanol–water partition coefficient (Wildman–Crippen LogP) is 3.17. The molecule has 4 rings (SSSR count). The minimum absolute atomic E-state index is 0.101. The normalized spacial score (nSPS) is 16.0. The number of nitrogens with zero attached hydrogens (tertiary/aromatic N) is 3. The monoisotopic (exact) mass is 408 g/mol. The fourth-order valence-corrected chi connectivity index (χ4v) is 3.66. The molecular weight excluding hydrogens is 383 g/mol. The summed E-state index contributed by atoms with van der Waals surface area (Å²) < 4.78 is 20.6. The van der Waals surface area contributed by atoms with Gasteiger partial charge < -0.3 is 25.7 Å². The van der Waals surface area contributed by atoms with Crippen molar-refractivity contribution in [2.45, 2.75) is 13.0 Å². The van der Waals surface area contributed by atoms with Crippen molar-refractivity contribution in [1.82, 2.24) is 25.2 Å². The molecule has 0 bridgehead atoms. The van der Waals surface area contributed by atoms with Gasteiger partial charge in [0.05, 0.1) is 11.7 Å². The van der Waals surface area contributed by atoms with E-state index in [-0.39, 0.29) is 11.6 Å². The van der Waals surface area contributed by atoms with E-state index in [4.69, 9.17) is 10.5 Å². The van der Waals surface area contributed by atoms with Gasteiger partial charge in [-0.3, -0.25) is 0 Å². The molecule has 0 radical (unpaired) electrons. The molecular formula is C22H25FN6O. The summed E-state index contributed by atoms with van der Waals surface area (Å²) in [5, 5.41) is 3.80. The highest BCUT2D eigenvalue weighted by atomic mass is 19.1. The SMILES string of the molecule is C=C/C=C(\C(N)c1cc(Oc2ccc3[nH]c(C)cc3c2F)ncn1)N1CCNCC1. The third-order valence-electron chi connectivity index (χ3n) is 5.12. The van der Waals surface area contributed by atoms with Crippen molar-refractivity contribution in [3.05, 3.63) is 72.2 Å². The van der Waals surface area contributed by atoms with Gasteiger partial charge >= 0.3 is 0 Å². The van der Waals surface area contributed by atoms with E-state index in [1.54, 1.807) is 30.3 Å². The zero-order valence-electron chi connectivity index (χ0n) is 16.9. The Morgan fingerprint density at radius 1 is 1.30 bits per heavy atom. The number of hydrogen-bond donors (Lipinski definition) is 3. The minimum Gasteiger partial charge on any atom is -0.436 e. The highest BCUT2D eigenvalue weighted by molar-refractivity contribution is 5.82. The second-order valence-electron chi connectivity index (χ2n) is 7.22. The molecule has 7 nitrogen and oxygen atoms in total. The Hall–Kier alpha value is -3.23. The summed E-state index contributed by atoms with van der Waals surface area (Å²) in [7, 11) is 0. The summed E-state index contributed by atoms with van der Waals surface area (Å²) >= 11 is 0. The number of nitrogens with two attached hydrogens (primary N) is 1. The number of rotatable bonds is 6. The van der Waals surface area contributed by atoms with Crippen LogP contribution in [-0.2, 0) is 0 Å². The largest absolute Gasteiger partial charge is 0.436 e. The number of aromatic amines is 1. The molecule has 0 spiro atoms. The first kappa shape index (κ1) is 20.1. The smallest absolute Gasteiger partial charge is 0.222 e. The van der Waals surface area contributed by atoms with Gasteiger partial charge in [-0.1, -0.05) is 12.7 Å². The molecule has 1 saturated heterocycles. The zero-order valence-corrected chi connectivity index (χ0v) is 16.9. The van der Waals surface area contributed by atoms with E-state index >= 15 is 0 Å². The number of halogens is 1. The van der Waals surface area contributed by atoms with Crippen LogP contribution in [-0.4, -0.2) is 46.0 Å². The summed E-state index contributed by atoms with van der Waals surface area (Å²) in [6, 6.07) is 6.28. The Morgan fingerprint density at radius 2 is 2.10 bits per heavy atom. The van der Waals surface area contributed by atoms with Crippen LogP contribution in [0, 0.1) is 12.7 Å². The maximum Gasteiger partial charge on any atom is 0.222 e. The van der Waals surface area contributed by atoms with Crippen molar-refractivity contribution < 1.29 is 9.13 Å². The van der Waals surface area contributed by atoms with Crippen LogP contribution in [0.5, 0.6) is 11.6 Å². The molecule has 30 heavy (non-hydrogen) atoms. The first-order valence-electron chi connectivity index (χ1n) is 9.88. The van der Waals surface area contributed by atoms with Gasteiger partial charge in [0.25, 0.3) is 0 Å². The Kier molecular flexibility index (Phi) is 5.78. The second kappa shape index (κ2) is 8.64. The first-order chi connectivity index (χ1) is 14.6. The topological polar surface area (TPSA) is 92.1 Å². The number of piperazine rings is 1. The van der Waals surface area contributed by atoms with Crippen LogP contribution in [0.15, 0.2) is 55.0 Å². The average molecular weight is 408 g/mol. The summed E-state index contributed by atoms with van der Waals surface area (Å²) in [5.74, 6) is -0.0997. The lowest BCUT2D eigenvalue weighted by molar-refractivity contribution is 0.282. The average Bonchev–Trinajstić information content (AvgIpc) is 3.16. The van der Waals surface area contributed by atoms with Gasteiger partial charge in [0.15, 0.2) is 11.6 Å². The van der Waals surface area contributed by atoms with Crippen LogP contribution in [0.4, 0.5) is 4.39 Å². The number of hydrogen-bond acceptors (Lipinski definition) is 6. The van der Waals surface area contributed by atoms with Gasteiger partial charge in [-0.2, -0.15) is 0 Å². The van der Waals surface area contributed by atoms with Crippen molar-refractivity contribution in [1.29, 1.82) is 0 Å². The number of aryl methyl sites for hydroxylation is 1. The summed E-state index contributed by atoms with van der Waals surface area (Å²) in [6.07, 6.45) is 5.00. The third kappa shape index (κ3) is 4.05. The highest BCUT2D eigenvalue weighted by Crippen LogP contribution is 2.31. The van der Waals surface area contributed by atoms with E-state index in [1.807, 2.05) is 13.0 Å². The molecule has 156 valence electrons. The molecule has 1 aliphatic heterocycles. The molecule has 0 saturated carbocycles. The van der Waals surface area contributed by atoms with E-state index in [2.05, 4.69) is 31.7 Å². The van der Waals surface area contributed by atoms with Gasteiger partial charge in [-0.25, -0.2) is 14.4 Å². The molecule has 1 atom stereocenters. The zero-order chi connectivity index (χ0) is 21.1. The number of ether oxygens (including phenoxy) is 1. The van der Waals surface area contributed by atoms with E-state index in [0.717, 1.165) is 43.1 Å². The quantitative estimate of drug-likeness (QED) is 0.543. The minimum atomic E-state index is -0.480. The number of aromatic nitrogens is 3. The number of H-pyrrole nitrogens is 1. The van der Waals surface area contributed by atoms with Gasteiger partial charge in [0.2, 0.25) is 5.88 Å². The van der Waals surface area contributed by atoms with Crippen LogP contribution in [0.25, 0.3) is 10.9 Å². The van der Waals surface area contributed by atoms with E-state index < -0.39 is 11.9 Å². The van der Waals surface area contributed by atoms with Gasteiger partial charge in [0, 0.05) is 54.5 Å². The molecule has 1 aliphatic rings. The molecule has 2 aromatic heterocycles. The molecule has 0 aliphatic carbocycles. The van der Waals surface area contributed by atoms with E-state index in [0.29, 0.717) is 11.1 Å². The summed E-state index contributed by atoms with van der Waals surface area (Å²) in [5.41, 5.74) is 9.64. The number of fused-ring (bicyclic) bond motifs is 1. The standard InChI is InChI=1S/C22H25FN6O/c1-3-4-18(29-9-7-25-8-10-29)22(24)17-12-20(27-13-26-17)30-19-6-5-16-15(21(19)23)11-14(2)28-16/h3-6,11-13,22,25,28H,1,7-10,24H2,2H3/b18-4+. The van der Waals surface area contributed by atoms with Gasteiger partial charge in [0.1, 0.15) is 6.33 Å². The van der Waals surface area contributed by atoms with Crippen LogP contribution in [0.1, 0.15) is 17.4 Å². The van der Waals surface area contributed by atoms with Crippen molar-refractivity contribution in [2.75, 3.05) is 26.2 Å². The van der Waals surface area contributed by atoms with Crippen LogP contribution in [0.3, 0.4) is 0 Å². The maximum absolute atomic E-state index is 14.9. The second-order valence-corrected chi connectivity index (χ2v) is 7.22. The van der Waals surface area contributed by atoms with Crippen molar-refractivity contribution >= 4 is 10.9 Å². The van der Waals surface area contributed by atoms with Gasteiger partial charge in [-0.15, -0.1) is 0 Å². The Bertz CT molecular complexity index is 1090. The van der Waals surface area contributed by atoms with E-state index in [1.165, 1.54) is 6.33 Å². The Morgan fingerprint density at radius 3 is 2.87 bits per heavy atom. The van der Waals surface area contributed by atoms with Crippen LogP contribution < -0.4 is 15.8 Å². The molecule has 4 N–H and O–H groups in total. The molecule has 1 fully saturated rings. The molecule has 0 amide bonds.